The molecule has 0 fully saturated rings. The minimum atomic E-state index is -1.44. The number of para-hydroxylation sites is 1. The number of carboxylic acid groups (broad SMARTS) is 1. The Hall–Kier alpha value is -4.98. The molecule has 14 heteroatoms. The van der Waals surface area contributed by atoms with Crippen LogP contribution in [0.5, 0.6) is 0 Å². The number of amides is 1. The van der Waals surface area contributed by atoms with Crippen molar-refractivity contribution < 1.29 is 19.1 Å². The Balaban J connectivity index is 1.56. The summed E-state index contributed by atoms with van der Waals surface area (Å²) in [7, 11) is 3.54. The molecule has 0 aliphatic carbocycles. The van der Waals surface area contributed by atoms with Crippen LogP contribution in [0.15, 0.2) is 58.1 Å². The number of likely N-dealkylation sites (N-methyl/N-ethyl adjacent to an activating group) is 1. The first-order valence-corrected chi connectivity index (χ1v) is 13.9. The van der Waals surface area contributed by atoms with Crippen molar-refractivity contribution in [2.24, 2.45) is 0 Å². The number of nitrogens with one attached hydrogen (secondary N) is 4. The molecule has 0 bridgehead atoms. The number of fused-ring (bicyclic) bond motifs is 3. The molecule has 226 valence electrons. The van der Waals surface area contributed by atoms with Crippen LogP contribution in [0.1, 0.15) is 33.3 Å². The third-order valence-corrected chi connectivity index (χ3v) is 7.87. The largest absolute Gasteiger partial charge is 0.477 e. The van der Waals surface area contributed by atoms with Gasteiger partial charge in [0.25, 0.3) is 5.56 Å². The summed E-state index contributed by atoms with van der Waals surface area (Å²) in [6.07, 6.45) is -0.612. The molecule has 1 atom stereocenters. The maximum absolute atomic E-state index is 15.0. The maximum atomic E-state index is 15.0. The zero-order valence-electron chi connectivity index (χ0n) is 23.8. The van der Waals surface area contributed by atoms with Gasteiger partial charge in [-0.1, -0.05) is 23.7 Å². The highest BCUT2D eigenvalue weighted by Crippen LogP contribution is 2.36. The highest BCUT2D eigenvalue weighted by Gasteiger charge is 2.30. The number of hydrazine groups is 1. The van der Waals surface area contributed by atoms with Crippen molar-refractivity contribution >= 4 is 51.0 Å². The van der Waals surface area contributed by atoms with E-state index in [1.54, 1.807) is 49.3 Å². The van der Waals surface area contributed by atoms with Gasteiger partial charge in [0.1, 0.15) is 12.0 Å². The summed E-state index contributed by atoms with van der Waals surface area (Å²) in [4.78, 5) is 56.7. The zero-order valence-corrected chi connectivity index (χ0v) is 24.5. The van der Waals surface area contributed by atoms with E-state index in [0.29, 0.717) is 22.3 Å². The van der Waals surface area contributed by atoms with Gasteiger partial charge in [0.05, 0.1) is 34.3 Å². The first-order valence-electron chi connectivity index (χ1n) is 13.5. The second-order valence-corrected chi connectivity index (χ2v) is 11.3. The van der Waals surface area contributed by atoms with Gasteiger partial charge < -0.3 is 30.3 Å². The number of rotatable bonds is 7. The monoisotopic (exact) mass is 619 g/mol. The Bertz CT molecular complexity index is 2140. The topological polar surface area (TPSA) is 153 Å². The third kappa shape index (κ3) is 4.90. The van der Waals surface area contributed by atoms with Gasteiger partial charge in [-0.2, -0.15) is 0 Å². The number of aromatic nitrogens is 3. The lowest BCUT2D eigenvalue weighted by molar-refractivity contribution is -0.122. The van der Waals surface area contributed by atoms with Gasteiger partial charge in [0.2, 0.25) is 5.91 Å². The number of aromatic amines is 1. The number of nitrogens with zero attached hydrogens (tertiary/aromatic N) is 3. The Morgan fingerprint density at radius 2 is 1.86 bits per heavy atom. The molecule has 5 N–H and O–H groups in total. The van der Waals surface area contributed by atoms with E-state index in [2.05, 4.69) is 21.2 Å². The van der Waals surface area contributed by atoms with Crippen molar-refractivity contribution in [1.82, 2.24) is 29.8 Å². The molecule has 12 nitrogen and oxygen atoms in total. The van der Waals surface area contributed by atoms with Gasteiger partial charge >= 0.3 is 11.7 Å². The summed E-state index contributed by atoms with van der Waals surface area (Å²) in [6, 6.07) is 12.3. The van der Waals surface area contributed by atoms with Crippen molar-refractivity contribution in [2.75, 3.05) is 26.1 Å². The van der Waals surface area contributed by atoms with E-state index in [9.17, 15) is 24.3 Å². The number of carbonyl (C=O) groups is 2. The molecule has 6 rings (SSSR count). The van der Waals surface area contributed by atoms with Crippen molar-refractivity contribution in [3.63, 3.8) is 0 Å². The summed E-state index contributed by atoms with van der Waals surface area (Å²) in [5, 5.41) is 14.0. The van der Waals surface area contributed by atoms with Crippen LogP contribution >= 0.6 is 11.6 Å². The maximum Gasteiger partial charge on any atom is 0.354 e. The number of hydrogen-bond donors (Lipinski definition) is 5. The molecule has 1 aliphatic heterocycles. The Labute approximate surface area is 253 Å². The van der Waals surface area contributed by atoms with Gasteiger partial charge in [-0.05, 0) is 68.5 Å². The Morgan fingerprint density at radius 3 is 2.59 bits per heavy atom. The Kier molecular flexibility index (Phi) is 7.24. The lowest BCUT2D eigenvalue weighted by atomic mass is 10.1. The average Bonchev–Trinajstić information content (AvgIpc) is 3.46. The number of aryl methyl sites for hydroxylation is 1. The standard InChI is InChI=1S/C30H27ClFN7O5/c1-14-8-18-23(11-20(14)32)38(12-15-9-17-22(10-19(15)31)35-36-27(17)34-24(40)13-37(2)3)26(29(42)43)25(18)39-28(41)16-6-4-5-7-21(16)33-30(39)44/h4-11,27,35-36H,12-13H2,1-3H3,(H,33,44)(H,34,40)(H,42,43). The second kappa shape index (κ2) is 10.9. The van der Waals surface area contributed by atoms with Crippen molar-refractivity contribution in [3.05, 3.63) is 103 Å². The summed E-state index contributed by atoms with van der Waals surface area (Å²) in [6.45, 7) is 1.50. The first-order chi connectivity index (χ1) is 20.9. The van der Waals surface area contributed by atoms with Crippen LogP contribution in [-0.2, 0) is 11.3 Å². The highest BCUT2D eigenvalue weighted by atomic mass is 35.5. The smallest absolute Gasteiger partial charge is 0.354 e. The number of carboxylic acids is 1. The molecule has 1 aliphatic rings. The fourth-order valence-corrected chi connectivity index (χ4v) is 5.77. The number of anilines is 1. The van der Waals surface area contributed by atoms with Crippen LogP contribution in [-0.4, -0.2) is 56.6 Å². The van der Waals surface area contributed by atoms with Gasteiger partial charge in [-0.25, -0.2) is 24.0 Å². The van der Waals surface area contributed by atoms with Crippen LogP contribution in [0, 0.1) is 12.7 Å². The molecule has 1 unspecified atom stereocenters. The molecule has 0 saturated carbocycles. The number of hydrogen-bond acceptors (Lipinski definition) is 7. The first kappa shape index (κ1) is 29.1. The normalized spacial score (nSPS) is 14.3. The van der Waals surface area contributed by atoms with Crippen LogP contribution in [0.3, 0.4) is 0 Å². The molecule has 44 heavy (non-hydrogen) atoms. The highest BCUT2D eigenvalue weighted by molar-refractivity contribution is 6.31. The van der Waals surface area contributed by atoms with Gasteiger partial charge in [-0.3, -0.25) is 9.59 Å². The van der Waals surface area contributed by atoms with Crippen LogP contribution < -0.4 is 27.4 Å². The lowest BCUT2D eigenvalue weighted by Crippen LogP contribution is -2.40. The van der Waals surface area contributed by atoms with Crippen LogP contribution in [0.25, 0.3) is 27.5 Å². The molecule has 5 aromatic rings. The van der Waals surface area contributed by atoms with E-state index in [1.807, 2.05) is 0 Å². The molecular weight excluding hydrogens is 593 g/mol. The average molecular weight is 620 g/mol. The van der Waals surface area contributed by atoms with Gasteiger partial charge in [0, 0.05) is 22.5 Å². The Morgan fingerprint density at radius 1 is 1.11 bits per heavy atom. The lowest BCUT2D eigenvalue weighted by Gasteiger charge is -2.17. The predicted octanol–water partition coefficient (Wildman–Crippen LogP) is 3.09. The van der Waals surface area contributed by atoms with E-state index in [4.69, 9.17) is 11.6 Å². The molecule has 2 aromatic heterocycles. The van der Waals surface area contributed by atoms with E-state index in [0.717, 1.165) is 4.57 Å². The van der Waals surface area contributed by atoms with Crippen LogP contribution in [0.2, 0.25) is 5.02 Å². The fourth-order valence-electron chi connectivity index (χ4n) is 5.54. The minimum Gasteiger partial charge on any atom is -0.477 e. The van der Waals surface area contributed by atoms with E-state index in [1.165, 1.54) is 29.7 Å². The number of benzene rings is 3. The number of aromatic carboxylic acids is 1. The summed E-state index contributed by atoms with van der Waals surface area (Å²) >= 11 is 6.65. The molecule has 3 aromatic carbocycles. The third-order valence-electron chi connectivity index (χ3n) is 7.52. The second-order valence-electron chi connectivity index (χ2n) is 10.9. The van der Waals surface area contributed by atoms with E-state index < -0.39 is 34.9 Å². The number of H-pyrrole nitrogens is 1. The molecule has 1 amide bonds. The van der Waals surface area contributed by atoms with E-state index >= 15 is 4.39 Å². The fraction of sp³-hybridized carbons (Fsp3) is 0.200. The molecular formula is C30H27ClFN7O5. The number of halogens is 2. The molecule has 0 spiro atoms. The summed E-state index contributed by atoms with van der Waals surface area (Å²) in [5.74, 6) is -2.27. The SMILES string of the molecule is Cc1cc2c(-n3c(=O)[nH]c4ccccc4c3=O)c(C(=O)O)n(Cc3cc4c(cc3Cl)NNC4NC(=O)CN(C)C)c2cc1F. The summed E-state index contributed by atoms with van der Waals surface area (Å²) in [5.41, 5.74) is 6.14. The van der Waals surface area contributed by atoms with Gasteiger partial charge in [0.15, 0.2) is 5.69 Å². The van der Waals surface area contributed by atoms with Crippen LogP contribution in [0.4, 0.5) is 10.1 Å². The molecule has 0 saturated heterocycles. The molecule has 3 heterocycles. The van der Waals surface area contributed by atoms with Gasteiger partial charge in [-0.15, -0.1) is 0 Å². The minimum absolute atomic E-state index is 0.142. The van der Waals surface area contributed by atoms with Crippen molar-refractivity contribution in [1.29, 1.82) is 0 Å². The van der Waals surface area contributed by atoms with Crippen molar-refractivity contribution in [2.45, 2.75) is 19.6 Å². The quantitative estimate of drug-likeness (QED) is 0.186. The molecule has 0 radical (unpaired) electrons. The number of carbonyl (C=O) groups excluding carboxylic acids is 1. The summed E-state index contributed by atoms with van der Waals surface area (Å²) < 4.78 is 17.1. The van der Waals surface area contributed by atoms with Crippen molar-refractivity contribution in [3.8, 4) is 5.69 Å². The predicted molar refractivity (Wildman–Crippen MR) is 164 cm³/mol. The zero-order chi connectivity index (χ0) is 31.4. The van der Waals surface area contributed by atoms with E-state index in [-0.39, 0.29) is 51.6 Å².